The largest absolute Gasteiger partial charge is 0.322 e. The summed E-state index contributed by atoms with van der Waals surface area (Å²) in [6.07, 6.45) is 5.33. The molecule has 4 rings (SSSR count). The highest BCUT2D eigenvalue weighted by Crippen LogP contribution is 2.33. The summed E-state index contributed by atoms with van der Waals surface area (Å²) in [5.41, 5.74) is 4.62. The van der Waals surface area contributed by atoms with E-state index in [1.807, 2.05) is 6.07 Å². The van der Waals surface area contributed by atoms with Crippen molar-refractivity contribution < 1.29 is 9.59 Å². The van der Waals surface area contributed by atoms with Crippen LogP contribution in [0.2, 0.25) is 0 Å². The molecule has 0 bridgehead atoms. The lowest BCUT2D eigenvalue weighted by Crippen LogP contribution is -2.22. The molecule has 3 aromatic rings. The van der Waals surface area contributed by atoms with E-state index in [9.17, 15) is 9.59 Å². The number of carbonyl (C=O) groups excluding carboxylic acids is 2. The molecule has 1 aliphatic rings. The summed E-state index contributed by atoms with van der Waals surface area (Å²) in [6, 6.07) is 17.8. The molecular formula is C23H21N3O2S. The Morgan fingerprint density at radius 2 is 1.79 bits per heavy atom. The Kier molecular flexibility index (Phi) is 5.62. The molecule has 6 heteroatoms. The number of amides is 3. The molecule has 1 atom stereocenters. The molecule has 1 unspecified atom stereocenters. The van der Waals surface area contributed by atoms with Gasteiger partial charge in [-0.1, -0.05) is 53.7 Å². The summed E-state index contributed by atoms with van der Waals surface area (Å²) in [7, 11) is 0. The lowest BCUT2D eigenvalue weighted by atomic mass is 10.0. The van der Waals surface area contributed by atoms with Crippen molar-refractivity contribution >= 4 is 23.7 Å². The maximum absolute atomic E-state index is 12.0. The quantitative estimate of drug-likeness (QED) is 0.605. The van der Waals surface area contributed by atoms with Crippen LogP contribution in [-0.4, -0.2) is 16.9 Å². The molecule has 0 radical (unpaired) electrons. The first-order chi connectivity index (χ1) is 14.1. The van der Waals surface area contributed by atoms with Gasteiger partial charge in [0.25, 0.3) is 5.91 Å². The maximum atomic E-state index is 12.0. The van der Waals surface area contributed by atoms with Crippen LogP contribution in [-0.2, 0) is 17.6 Å². The summed E-state index contributed by atoms with van der Waals surface area (Å²) in [5, 5.41) is 4.91. The average Bonchev–Trinajstić information content (AvgIpc) is 3.06. The SMILES string of the molecule is Cc1cccc(CCc2ccc(Sc3ccncc3C3NC(=O)NC3=O)cc2)c1. The summed E-state index contributed by atoms with van der Waals surface area (Å²) in [4.78, 5) is 29.6. The Morgan fingerprint density at radius 3 is 2.52 bits per heavy atom. The molecule has 1 aliphatic heterocycles. The Labute approximate surface area is 173 Å². The first-order valence-electron chi connectivity index (χ1n) is 9.46. The molecular weight excluding hydrogens is 382 g/mol. The van der Waals surface area contributed by atoms with Gasteiger partial charge in [0.2, 0.25) is 0 Å². The Bertz CT molecular complexity index is 1050. The molecule has 3 amide bonds. The minimum absolute atomic E-state index is 0.351. The summed E-state index contributed by atoms with van der Waals surface area (Å²) < 4.78 is 0. The Balaban J connectivity index is 1.44. The van der Waals surface area contributed by atoms with E-state index < -0.39 is 12.1 Å². The molecule has 29 heavy (non-hydrogen) atoms. The number of imide groups is 1. The van der Waals surface area contributed by atoms with E-state index in [2.05, 4.69) is 71.1 Å². The normalized spacial score (nSPS) is 15.8. The third kappa shape index (κ3) is 4.66. The van der Waals surface area contributed by atoms with Gasteiger partial charge in [0.1, 0.15) is 6.04 Å². The van der Waals surface area contributed by atoms with Crippen LogP contribution in [0.3, 0.4) is 0 Å². The van der Waals surface area contributed by atoms with Crippen molar-refractivity contribution in [1.82, 2.24) is 15.6 Å². The van der Waals surface area contributed by atoms with Crippen LogP contribution in [0.1, 0.15) is 28.3 Å². The fourth-order valence-electron chi connectivity index (χ4n) is 3.35. The van der Waals surface area contributed by atoms with Crippen molar-refractivity contribution in [3.63, 3.8) is 0 Å². The van der Waals surface area contributed by atoms with Crippen molar-refractivity contribution in [2.45, 2.75) is 35.6 Å². The van der Waals surface area contributed by atoms with Gasteiger partial charge < -0.3 is 5.32 Å². The third-order valence-electron chi connectivity index (χ3n) is 4.83. The van der Waals surface area contributed by atoms with E-state index in [1.54, 1.807) is 24.2 Å². The number of aryl methyl sites for hydroxylation is 3. The number of carbonyl (C=O) groups is 2. The maximum Gasteiger partial charge on any atom is 0.322 e. The highest BCUT2D eigenvalue weighted by Gasteiger charge is 2.32. The zero-order valence-electron chi connectivity index (χ0n) is 16.0. The fraction of sp³-hybridized carbons (Fsp3) is 0.174. The van der Waals surface area contributed by atoms with Crippen LogP contribution in [0.15, 0.2) is 76.8 Å². The number of nitrogens with zero attached hydrogens (tertiary/aromatic N) is 1. The first-order valence-corrected chi connectivity index (χ1v) is 10.3. The summed E-state index contributed by atoms with van der Waals surface area (Å²) in [6.45, 7) is 2.11. The van der Waals surface area contributed by atoms with Gasteiger partial charge in [-0.15, -0.1) is 0 Å². The zero-order valence-corrected chi connectivity index (χ0v) is 16.8. The minimum Gasteiger partial charge on any atom is -0.322 e. The smallest absolute Gasteiger partial charge is 0.322 e. The second kappa shape index (κ2) is 8.49. The van der Waals surface area contributed by atoms with E-state index in [-0.39, 0.29) is 5.91 Å². The van der Waals surface area contributed by atoms with Gasteiger partial charge in [-0.25, -0.2) is 4.79 Å². The topological polar surface area (TPSA) is 71.1 Å². The highest BCUT2D eigenvalue weighted by molar-refractivity contribution is 7.99. The standard InChI is InChI=1S/C23H21N3O2S/c1-15-3-2-4-17(13-15)6-5-16-7-9-18(10-8-16)29-20-11-12-24-14-19(20)21-22(27)26-23(28)25-21/h2-4,7-14,21H,5-6H2,1H3,(H2,25,26,27,28). The van der Waals surface area contributed by atoms with Crippen molar-refractivity contribution in [2.75, 3.05) is 0 Å². The van der Waals surface area contributed by atoms with E-state index in [0.29, 0.717) is 5.56 Å². The molecule has 2 N–H and O–H groups in total. The number of nitrogens with one attached hydrogen (secondary N) is 2. The Morgan fingerprint density at radius 1 is 1.00 bits per heavy atom. The summed E-state index contributed by atoms with van der Waals surface area (Å²) >= 11 is 1.56. The van der Waals surface area contributed by atoms with Gasteiger partial charge >= 0.3 is 6.03 Å². The summed E-state index contributed by atoms with van der Waals surface area (Å²) in [5.74, 6) is -0.351. The van der Waals surface area contributed by atoms with Gasteiger partial charge in [-0.2, -0.15) is 0 Å². The number of benzene rings is 2. The van der Waals surface area contributed by atoms with E-state index in [0.717, 1.165) is 22.6 Å². The lowest BCUT2D eigenvalue weighted by Gasteiger charge is -2.13. The van der Waals surface area contributed by atoms with Crippen molar-refractivity contribution in [3.8, 4) is 0 Å². The van der Waals surface area contributed by atoms with Gasteiger partial charge in [-0.05, 0) is 49.1 Å². The molecule has 0 spiro atoms. The van der Waals surface area contributed by atoms with E-state index in [4.69, 9.17) is 0 Å². The molecule has 0 saturated carbocycles. The van der Waals surface area contributed by atoms with Crippen LogP contribution in [0.4, 0.5) is 4.79 Å². The average molecular weight is 404 g/mol. The monoisotopic (exact) mass is 403 g/mol. The number of aromatic nitrogens is 1. The number of hydrogen-bond acceptors (Lipinski definition) is 4. The molecule has 5 nitrogen and oxygen atoms in total. The molecule has 1 saturated heterocycles. The van der Waals surface area contributed by atoms with E-state index in [1.165, 1.54) is 16.7 Å². The number of rotatable bonds is 6. The van der Waals surface area contributed by atoms with Gasteiger partial charge in [-0.3, -0.25) is 15.1 Å². The molecule has 0 aliphatic carbocycles. The predicted molar refractivity (Wildman–Crippen MR) is 113 cm³/mol. The van der Waals surface area contributed by atoms with Crippen LogP contribution in [0.5, 0.6) is 0 Å². The number of hydrogen-bond donors (Lipinski definition) is 2. The molecule has 146 valence electrons. The van der Waals surface area contributed by atoms with Gasteiger partial charge in [0.15, 0.2) is 0 Å². The second-order valence-electron chi connectivity index (χ2n) is 7.04. The van der Waals surface area contributed by atoms with Crippen molar-refractivity contribution in [1.29, 1.82) is 0 Å². The van der Waals surface area contributed by atoms with E-state index >= 15 is 0 Å². The lowest BCUT2D eigenvalue weighted by molar-refractivity contribution is -0.120. The van der Waals surface area contributed by atoms with Crippen LogP contribution >= 0.6 is 11.8 Å². The highest BCUT2D eigenvalue weighted by atomic mass is 32.2. The van der Waals surface area contributed by atoms with Crippen LogP contribution in [0.25, 0.3) is 0 Å². The Hall–Kier alpha value is -3.12. The van der Waals surface area contributed by atoms with Crippen molar-refractivity contribution in [3.05, 3.63) is 89.2 Å². The van der Waals surface area contributed by atoms with Crippen molar-refractivity contribution in [2.24, 2.45) is 0 Å². The molecule has 2 heterocycles. The molecule has 1 aromatic heterocycles. The number of pyridine rings is 1. The minimum atomic E-state index is -0.702. The van der Waals surface area contributed by atoms with Gasteiger partial charge in [0, 0.05) is 27.7 Å². The third-order valence-corrected chi connectivity index (χ3v) is 5.93. The predicted octanol–water partition coefficient (Wildman–Crippen LogP) is 4.21. The zero-order chi connectivity index (χ0) is 20.2. The fourth-order valence-corrected chi connectivity index (χ4v) is 4.29. The second-order valence-corrected chi connectivity index (χ2v) is 8.16. The van der Waals surface area contributed by atoms with Crippen LogP contribution in [0, 0.1) is 6.92 Å². The first kappa shape index (κ1) is 19.2. The molecule has 2 aromatic carbocycles. The van der Waals surface area contributed by atoms with Crippen LogP contribution < -0.4 is 10.6 Å². The molecule has 1 fully saturated rings. The number of urea groups is 1. The van der Waals surface area contributed by atoms with Gasteiger partial charge in [0.05, 0.1) is 0 Å².